The summed E-state index contributed by atoms with van der Waals surface area (Å²) in [7, 11) is 0. The van der Waals surface area contributed by atoms with Crippen LogP contribution in [0, 0.1) is 11.3 Å². The predicted molar refractivity (Wildman–Crippen MR) is 82.4 cm³/mol. The first-order chi connectivity index (χ1) is 10.6. The molecule has 1 atom stereocenters. The van der Waals surface area contributed by atoms with E-state index < -0.39 is 11.8 Å². The largest absolute Gasteiger partial charge is 0.421 e. The summed E-state index contributed by atoms with van der Waals surface area (Å²) in [4.78, 5) is 1.35. The average Bonchev–Trinajstić information content (AvgIpc) is 2.48. The zero-order valence-electron chi connectivity index (χ0n) is 11.9. The molecule has 120 valence electrons. The molecule has 1 N–H and O–H groups in total. The third-order valence-electron chi connectivity index (χ3n) is 3.26. The van der Waals surface area contributed by atoms with E-state index in [-0.39, 0.29) is 5.56 Å². The monoisotopic (exact) mass is 357 g/mol. The summed E-state index contributed by atoms with van der Waals surface area (Å²) in [5.41, 5.74) is -2.71. The fourth-order valence-corrected chi connectivity index (χ4v) is 2.91. The van der Waals surface area contributed by atoms with Crippen LogP contribution in [0.5, 0.6) is 0 Å². The van der Waals surface area contributed by atoms with Crippen LogP contribution >= 0.6 is 23.4 Å². The Labute approximate surface area is 140 Å². The molecule has 0 aromatic heterocycles. The number of hydrogen-bond donors (Lipinski definition) is 1. The summed E-state index contributed by atoms with van der Waals surface area (Å²) in [5.74, 6) is 0. The molecule has 2 rings (SSSR count). The van der Waals surface area contributed by atoms with Gasteiger partial charge in [-0.05, 0) is 42.8 Å². The highest BCUT2D eigenvalue weighted by atomic mass is 35.5. The highest BCUT2D eigenvalue weighted by Crippen LogP contribution is 2.40. The molecule has 0 heterocycles. The van der Waals surface area contributed by atoms with Crippen LogP contribution in [0.1, 0.15) is 18.1 Å². The second-order valence-electron chi connectivity index (χ2n) is 4.95. The zero-order chi connectivity index (χ0) is 17.3. The first kappa shape index (κ1) is 17.7. The number of halogens is 4. The second-order valence-corrected chi connectivity index (χ2v) is 6.48. The van der Waals surface area contributed by atoms with Crippen LogP contribution in [0.4, 0.5) is 13.2 Å². The molecule has 0 radical (unpaired) electrons. The molecule has 0 fully saturated rings. The third kappa shape index (κ3) is 3.81. The molecular formula is C16H11ClF3NOS. The maximum absolute atomic E-state index is 12.8. The van der Waals surface area contributed by atoms with Crippen LogP contribution in [-0.2, 0) is 5.60 Å². The van der Waals surface area contributed by atoms with Crippen molar-refractivity contribution in [2.45, 2.75) is 28.5 Å². The number of rotatable bonds is 3. The Kier molecular flexibility index (Phi) is 4.95. The molecule has 0 unspecified atom stereocenters. The van der Waals surface area contributed by atoms with Crippen molar-refractivity contribution >= 4 is 23.4 Å². The lowest BCUT2D eigenvalue weighted by Gasteiger charge is -2.26. The maximum Gasteiger partial charge on any atom is 0.421 e. The van der Waals surface area contributed by atoms with E-state index in [1.807, 2.05) is 6.07 Å². The molecule has 0 spiro atoms. The van der Waals surface area contributed by atoms with E-state index >= 15 is 0 Å². The molecule has 23 heavy (non-hydrogen) atoms. The third-order valence-corrected chi connectivity index (χ3v) is 4.77. The normalized spacial score (nSPS) is 14.1. The van der Waals surface area contributed by atoms with Crippen LogP contribution in [0.3, 0.4) is 0 Å². The summed E-state index contributed by atoms with van der Waals surface area (Å²) in [5, 5.41) is 18.8. The number of benzene rings is 2. The Morgan fingerprint density at radius 3 is 2.22 bits per heavy atom. The lowest BCUT2D eigenvalue weighted by atomic mass is 9.96. The van der Waals surface area contributed by atoms with Gasteiger partial charge in [-0.3, -0.25) is 0 Å². The predicted octanol–water partition coefficient (Wildman–Crippen LogP) is 5.13. The van der Waals surface area contributed by atoms with Gasteiger partial charge in [0, 0.05) is 9.79 Å². The van der Waals surface area contributed by atoms with Crippen molar-refractivity contribution in [1.29, 1.82) is 5.26 Å². The number of hydrogen-bond acceptors (Lipinski definition) is 3. The van der Waals surface area contributed by atoms with Gasteiger partial charge in [0.15, 0.2) is 5.60 Å². The molecule has 0 aliphatic carbocycles. The Hall–Kier alpha value is -1.68. The van der Waals surface area contributed by atoms with Gasteiger partial charge in [0.2, 0.25) is 0 Å². The van der Waals surface area contributed by atoms with E-state index in [4.69, 9.17) is 16.9 Å². The fourth-order valence-electron chi connectivity index (χ4n) is 1.79. The molecule has 2 aromatic carbocycles. The smallest absolute Gasteiger partial charge is 0.376 e. The highest BCUT2D eigenvalue weighted by molar-refractivity contribution is 7.99. The average molecular weight is 358 g/mol. The molecule has 0 aliphatic heterocycles. The van der Waals surface area contributed by atoms with E-state index in [2.05, 4.69) is 0 Å². The lowest BCUT2D eigenvalue weighted by molar-refractivity contribution is -0.258. The van der Waals surface area contributed by atoms with Crippen molar-refractivity contribution in [3.8, 4) is 6.07 Å². The maximum atomic E-state index is 12.8. The summed E-state index contributed by atoms with van der Waals surface area (Å²) < 4.78 is 38.4. The molecule has 0 bridgehead atoms. The summed E-state index contributed by atoms with van der Waals surface area (Å²) >= 11 is 7.32. The van der Waals surface area contributed by atoms with Crippen molar-refractivity contribution in [3.05, 3.63) is 58.6 Å². The van der Waals surface area contributed by atoms with Gasteiger partial charge in [-0.1, -0.05) is 35.5 Å². The molecule has 0 amide bonds. The SMILES string of the molecule is C[C@](O)(c1ccc(Sc2ccc(C#N)cc2Cl)cc1)C(F)(F)F. The van der Waals surface area contributed by atoms with Gasteiger partial charge in [0.1, 0.15) is 0 Å². The summed E-state index contributed by atoms with van der Waals surface area (Å²) in [6, 6.07) is 12.2. The van der Waals surface area contributed by atoms with Crippen LogP contribution in [0.2, 0.25) is 5.02 Å². The van der Waals surface area contributed by atoms with Crippen molar-refractivity contribution in [1.82, 2.24) is 0 Å². The van der Waals surface area contributed by atoms with Gasteiger partial charge in [-0.15, -0.1) is 0 Å². The molecule has 0 aliphatic rings. The van der Waals surface area contributed by atoms with E-state index in [1.54, 1.807) is 12.1 Å². The first-order valence-corrected chi connectivity index (χ1v) is 7.62. The van der Waals surface area contributed by atoms with Crippen molar-refractivity contribution in [3.63, 3.8) is 0 Å². The van der Waals surface area contributed by atoms with Gasteiger partial charge in [0.05, 0.1) is 16.7 Å². The molecule has 0 saturated heterocycles. The quantitative estimate of drug-likeness (QED) is 0.827. The van der Waals surface area contributed by atoms with Crippen LogP contribution in [-0.4, -0.2) is 11.3 Å². The summed E-state index contributed by atoms with van der Waals surface area (Å²) in [6.07, 6.45) is -4.75. The Morgan fingerprint density at radius 1 is 1.13 bits per heavy atom. The van der Waals surface area contributed by atoms with Gasteiger partial charge >= 0.3 is 6.18 Å². The summed E-state index contributed by atoms with van der Waals surface area (Å²) in [6.45, 7) is 0.715. The van der Waals surface area contributed by atoms with Gasteiger partial charge in [-0.2, -0.15) is 18.4 Å². The molecule has 7 heteroatoms. The minimum absolute atomic E-state index is 0.236. The van der Waals surface area contributed by atoms with E-state index in [0.29, 0.717) is 27.3 Å². The number of alkyl halides is 3. The van der Waals surface area contributed by atoms with Gasteiger partial charge in [0.25, 0.3) is 0 Å². The van der Waals surface area contributed by atoms with Crippen molar-refractivity contribution in [2.75, 3.05) is 0 Å². The number of nitrogens with zero attached hydrogens (tertiary/aromatic N) is 1. The standard InChI is InChI=1S/C16H11ClF3NOS/c1-15(22,16(18,19)20)11-3-5-12(6-4-11)23-14-7-2-10(9-21)8-13(14)17/h2-8,22H,1H3/t15-/m0/s1. The van der Waals surface area contributed by atoms with E-state index in [1.165, 1.54) is 42.1 Å². The van der Waals surface area contributed by atoms with E-state index in [0.717, 1.165) is 0 Å². The Balaban J connectivity index is 2.23. The molecule has 2 aromatic rings. The minimum Gasteiger partial charge on any atom is -0.376 e. The zero-order valence-corrected chi connectivity index (χ0v) is 13.4. The molecular weight excluding hydrogens is 347 g/mol. The number of aliphatic hydroxyl groups is 1. The van der Waals surface area contributed by atoms with Crippen LogP contribution in [0.25, 0.3) is 0 Å². The van der Waals surface area contributed by atoms with Crippen LogP contribution < -0.4 is 0 Å². The van der Waals surface area contributed by atoms with Gasteiger partial charge < -0.3 is 5.11 Å². The number of nitriles is 1. The molecule has 2 nitrogen and oxygen atoms in total. The van der Waals surface area contributed by atoms with Crippen molar-refractivity contribution in [2.24, 2.45) is 0 Å². The second kappa shape index (κ2) is 6.44. The first-order valence-electron chi connectivity index (χ1n) is 6.42. The fraction of sp³-hybridized carbons (Fsp3) is 0.188. The van der Waals surface area contributed by atoms with Crippen molar-refractivity contribution < 1.29 is 18.3 Å². The minimum atomic E-state index is -4.75. The highest BCUT2D eigenvalue weighted by Gasteiger charge is 2.51. The topological polar surface area (TPSA) is 44.0 Å². The Bertz CT molecular complexity index is 751. The van der Waals surface area contributed by atoms with Crippen LogP contribution in [0.15, 0.2) is 52.3 Å². The van der Waals surface area contributed by atoms with Gasteiger partial charge in [-0.25, -0.2) is 0 Å². The molecule has 0 saturated carbocycles. The Morgan fingerprint density at radius 2 is 1.74 bits per heavy atom. The van der Waals surface area contributed by atoms with E-state index in [9.17, 15) is 18.3 Å². The lowest BCUT2D eigenvalue weighted by Crippen LogP contribution is -2.39.